The van der Waals surface area contributed by atoms with Crippen LogP contribution in [0, 0.1) is 0 Å². The first-order valence-electron chi connectivity index (χ1n) is 5.30. The third-order valence-electron chi connectivity index (χ3n) is 2.78. The van der Waals surface area contributed by atoms with Gasteiger partial charge in [-0.2, -0.15) is 5.10 Å². The largest absolute Gasteiger partial charge is 0.266 e. The first-order chi connectivity index (χ1) is 6.24. The zero-order valence-corrected chi connectivity index (χ0v) is 8.75. The van der Waals surface area contributed by atoms with Gasteiger partial charge in [-0.1, -0.05) is 20.8 Å². The minimum absolute atomic E-state index is 0.613. The quantitative estimate of drug-likeness (QED) is 0.696. The average molecular weight is 178 g/mol. The molecule has 2 nitrogen and oxygen atoms in total. The number of nitrogens with zero attached hydrogens (tertiary/aromatic N) is 2. The van der Waals surface area contributed by atoms with E-state index in [-0.39, 0.29) is 0 Å². The van der Waals surface area contributed by atoms with Gasteiger partial charge in [0.2, 0.25) is 0 Å². The summed E-state index contributed by atoms with van der Waals surface area (Å²) in [4.78, 5) is 0. The SMILES string of the molecule is CCc1c(C(C)C)cnn1C1CC1. The molecule has 1 aliphatic rings. The van der Waals surface area contributed by atoms with Crippen molar-refractivity contribution < 1.29 is 0 Å². The summed E-state index contributed by atoms with van der Waals surface area (Å²) in [5.74, 6) is 0.613. The Morgan fingerprint density at radius 1 is 1.54 bits per heavy atom. The Morgan fingerprint density at radius 3 is 2.69 bits per heavy atom. The fourth-order valence-corrected chi connectivity index (χ4v) is 1.88. The van der Waals surface area contributed by atoms with Crippen molar-refractivity contribution in [1.29, 1.82) is 0 Å². The molecule has 0 spiro atoms. The Kier molecular flexibility index (Phi) is 2.14. The van der Waals surface area contributed by atoms with Crippen LogP contribution < -0.4 is 0 Å². The van der Waals surface area contributed by atoms with Gasteiger partial charge in [-0.05, 0) is 30.7 Å². The monoisotopic (exact) mass is 178 g/mol. The lowest BCUT2D eigenvalue weighted by Gasteiger charge is -2.08. The summed E-state index contributed by atoms with van der Waals surface area (Å²) in [5.41, 5.74) is 2.90. The lowest BCUT2D eigenvalue weighted by molar-refractivity contribution is 0.605. The maximum atomic E-state index is 4.49. The number of hydrogen-bond acceptors (Lipinski definition) is 1. The smallest absolute Gasteiger partial charge is 0.0527 e. The van der Waals surface area contributed by atoms with Crippen LogP contribution in [0.25, 0.3) is 0 Å². The summed E-state index contributed by atoms with van der Waals surface area (Å²) in [6.45, 7) is 6.71. The van der Waals surface area contributed by atoms with Crippen molar-refractivity contribution in [3.05, 3.63) is 17.5 Å². The summed E-state index contributed by atoms with van der Waals surface area (Å²) in [6, 6.07) is 0.724. The Morgan fingerprint density at radius 2 is 2.23 bits per heavy atom. The van der Waals surface area contributed by atoms with Crippen LogP contribution in [0.1, 0.15) is 56.8 Å². The van der Waals surface area contributed by atoms with Crippen LogP contribution in [0.5, 0.6) is 0 Å². The summed E-state index contributed by atoms with van der Waals surface area (Å²) >= 11 is 0. The predicted molar refractivity (Wildman–Crippen MR) is 54.0 cm³/mol. The molecule has 1 heterocycles. The van der Waals surface area contributed by atoms with Crippen molar-refractivity contribution in [2.45, 2.75) is 52.0 Å². The fraction of sp³-hybridized carbons (Fsp3) is 0.727. The van der Waals surface area contributed by atoms with Crippen molar-refractivity contribution >= 4 is 0 Å². The molecule has 0 radical (unpaired) electrons. The first kappa shape index (κ1) is 8.79. The number of hydrogen-bond donors (Lipinski definition) is 0. The highest BCUT2D eigenvalue weighted by molar-refractivity contribution is 5.22. The van der Waals surface area contributed by atoms with Gasteiger partial charge in [-0.25, -0.2) is 0 Å². The topological polar surface area (TPSA) is 17.8 Å². The number of aromatic nitrogens is 2. The standard InChI is InChI=1S/C11H18N2/c1-4-11-10(8(2)3)7-12-13(11)9-5-6-9/h7-9H,4-6H2,1-3H3. The second-order valence-corrected chi connectivity index (χ2v) is 4.23. The third kappa shape index (κ3) is 1.50. The van der Waals surface area contributed by atoms with Crippen molar-refractivity contribution in [2.24, 2.45) is 0 Å². The van der Waals surface area contributed by atoms with Crippen molar-refractivity contribution in [3.8, 4) is 0 Å². The molecule has 1 aromatic heterocycles. The van der Waals surface area contributed by atoms with Crippen LogP contribution in [0.15, 0.2) is 6.20 Å². The molecule has 2 rings (SSSR count). The Hall–Kier alpha value is -0.790. The molecular formula is C11H18N2. The Labute approximate surface area is 80.0 Å². The van der Waals surface area contributed by atoms with Gasteiger partial charge in [-0.15, -0.1) is 0 Å². The van der Waals surface area contributed by atoms with E-state index in [1.807, 2.05) is 0 Å². The molecule has 0 unspecified atom stereocenters. The zero-order valence-electron chi connectivity index (χ0n) is 8.75. The zero-order chi connectivity index (χ0) is 9.42. The molecule has 2 heteroatoms. The summed E-state index contributed by atoms with van der Waals surface area (Å²) in [7, 11) is 0. The summed E-state index contributed by atoms with van der Waals surface area (Å²) < 4.78 is 2.25. The molecule has 1 aromatic rings. The van der Waals surface area contributed by atoms with E-state index in [0.717, 1.165) is 12.5 Å². The van der Waals surface area contributed by atoms with E-state index in [1.54, 1.807) is 0 Å². The molecule has 0 bridgehead atoms. The second kappa shape index (κ2) is 3.17. The van der Waals surface area contributed by atoms with Crippen molar-refractivity contribution in [1.82, 2.24) is 9.78 Å². The van der Waals surface area contributed by atoms with E-state index in [2.05, 4.69) is 36.7 Å². The second-order valence-electron chi connectivity index (χ2n) is 4.23. The van der Waals surface area contributed by atoms with Crippen LogP contribution in [0.2, 0.25) is 0 Å². The highest BCUT2D eigenvalue weighted by Crippen LogP contribution is 2.36. The van der Waals surface area contributed by atoms with Crippen LogP contribution >= 0.6 is 0 Å². The van der Waals surface area contributed by atoms with E-state index in [4.69, 9.17) is 0 Å². The molecule has 0 atom stereocenters. The van der Waals surface area contributed by atoms with E-state index in [9.17, 15) is 0 Å². The van der Waals surface area contributed by atoms with Crippen LogP contribution in [0.4, 0.5) is 0 Å². The number of rotatable bonds is 3. The van der Waals surface area contributed by atoms with Crippen molar-refractivity contribution in [2.75, 3.05) is 0 Å². The molecule has 0 amide bonds. The molecule has 72 valence electrons. The molecule has 1 fully saturated rings. The molecule has 1 aliphatic carbocycles. The minimum Gasteiger partial charge on any atom is -0.266 e. The van der Waals surface area contributed by atoms with Gasteiger partial charge in [-0.3, -0.25) is 4.68 Å². The molecule has 13 heavy (non-hydrogen) atoms. The van der Waals surface area contributed by atoms with Gasteiger partial charge in [0.25, 0.3) is 0 Å². The maximum Gasteiger partial charge on any atom is 0.0527 e. The van der Waals surface area contributed by atoms with Gasteiger partial charge in [0.1, 0.15) is 0 Å². The van der Waals surface area contributed by atoms with E-state index < -0.39 is 0 Å². The van der Waals surface area contributed by atoms with E-state index in [0.29, 0.717) is 5.92 Å². The van der Waals surface area contributed by atoms with Crippen LogP contribution in [0.3, 0.4) is 0 Å². The molecule has 0 aromatic carbocycles. The molecule has 0 aliphatic heterocycles. The van der Waals surface area contributed by atoms with E-state index in [1.165, 1.54) is 24.1 Å². The van der Waals surface area contributed by atoms with Gasteiger partial charge in [0.05, 0.1) is 12.2 Å². The Balaban J connectivity index is 2.35. The summed E-state index contributed by atoms with van der Waals surface area (Å²) in [6.07, 6.45) is 5.82. The first-order valence-corrected chi connectivity index (χ1v) is 5.30. The molecule has 1 saturated carbocycles. The minimum atomic E-state index is 0.613. The molecule has 0 N–H and O–H groups in total. The highest BCUT2D eigenvalue weighted by Gasteiger charge is 2.27. The van der Waals surface area contributed by atoms with Gasteiger partial charge >= 0.3 is 0 Å². The van der Waals surface area contributed by atoms with Crippen LogP contribution in [-0.2, 0) is 6.42 Å². The van der Waals surface area contributed by atoms with E-state index >= 15 is 0 Å². The van der Waals surface area contributed by atoms with Gasteiger partial charge in [0, 0.05) is 5.69 Å². The third-order valence-corrected chi connectivity index (χ3v) is 2.78. The average Bonchev–Trinajstić information content (AvgIpc) is 2.84. The lowest BCUT2D eigenvalue weighted by Crippen LogP contribution is -2.03. The Bertz CT molecular complexity index is 276. The van der Waals surface area contributed by atoms with Gasteiger partial charge < -0.3 is 0 Å². The fourth-order valence-electron chi connectivity index (χ4n) is 1.88. The lowest BCUT2D eigenvalue weighted by atomic mass is 10.0. The normalized spacial score (nSPS) is 16.9. The molecule has 0 saturated heterocycles. The molecular weight excluding hydrogens is 160 g/mol. The summed E-state index contributed by atoms with van der Waals surface area (Å²) in [5, 5.41) is 4.49. The maximum absolute atomic E-state index is 4.49. The predicted octanol–water partition coefficient (Wildman–Crippen LogP) is 2.90. The van der Waals surface area contributed by atoms with Crippen molar-refractivity contribution in [3.63, 3.8) is 0 Å². The highest BCUT2D eigenvalue weighted by atomic mass is 15.3. The van der Waals surface area contributed by atoms with Gasteiger partial charge in [0.15, 0.2) is 0 Å². The van der Waals surface area contributed by atoms with Crippen LogP contribution in [-0.4, -0.2) is 9.78 Å².